The number of hydrogen-bond donors (Lipinski definition) is 0. The van der Waals surface area contributed by atoms with Gasteiger partial charge in [0.25, 0.3) is 0 Å². The van der Waals surface area contributed by atoms with Crippen LogP contribution >= 0.6 is 0 Å². The molecule has 56 valence electrons. The summed E-state index contributed by atoms with van der Waals surface area (Å²) in [4.78, 5) is 10.9. The Kier molecular flexibility index (Phi) is 1.39. The van der Waals surface area contributed by atoms with E-state index in [1.165, 1.54) is 0 Å². The van der Waals surface area contributed by atoms with Crippen molar-refractivity contribution in [1.29, 1.82) is 0 Å². The monoisotopic (exact) mass is 148 g/mol. The van der Waals surface area contributed by atoms with E-state index in [0.717, 1.165) is 11.3 Å². The summed E-state index contributed by atoms with van der Waals surface area (Å²) in [6, 6.07) is 7.64. The van der Waals surface area contributed by atoms with E-state index in [2.05, 4.69) is 0 Å². The van der Waals surface area contributed by atoms with E-state index in [-0.39, 0.29) is 12.4 Å². The molecule has 1 aromatic rings. The second-order valence-corrected chi connectivity index (χ2v) is 2.61. The van der Waals surface area contributed by atoms with Crippen LogP contribution in [0.5, 0.6) is 5.75 Å². The minimum atomic E-state index is 0.156. The fourth-order valence-electron chi connectivity index (χ4n) is 1.21. The van der Waals surface area contributed by atoms with Crippen molar-refractivity contribution in [1.82, 2.24) is 0 Å². The molecule has 1 aliphatic rings. The first kappa shape index (κ1) is 6.40. The van der Waals surface area contributed by atoms with Crippen molar-refractivity contribution in [3.8, 4) is 5.75 Å². The Morgan fingerprint density at radius 3 is 3.00 bits per heavy atom. The molecule has 0 bridgehead atoms. The molecular formula is C9H8O2. The van der Waals surface area contributed by atoms with Gasteiger partial charge in [-0.2, -0.15) is 0 Å². The molecule has 0 aromatic heterocycles. The molecule has 0 saturated heterocycles. The predicted molar refractivity (Wildman–Crippen MR) is 40.6 cm³/mol. The molecule has 0 unspecified atom stereocenters. The van der Waals surface area contributed by atoms with Crippen LogP contribution in [0.2, 0.25) is 0 Å². The minimum absolute atomic E-state index is 0.156. The van der Waals surface area contributed by atoms with Crippen molar-refractivity contribution in [3.63, 3.8) is 0 Å². The molecule has 2 heteroatoms. The number of Topliss-reactive ketones (excluding diaryl/α,β-unsaturated/α-hetero) is 1. The molecule has 11 heavy (non-hydrogen) atoms. The van der Waals surface area contributed by atoms with Crippen LogP contribution in [0.25, 0.3) is 0 Å². The first-order chi connectivity index (χ1) is 5.36. The number of benzene rings is 1. The summed E-state index contributed by atoms with van der Waals surface area (Å²) in [6.07, 6.45) is 0.524. The lowest BCUT2D eigenvalue weighted by Crippen LogP contribution is -2.19. The molecule has 0 spiro atoms. The van der Waals surface area contributed by atoms with E-state index in [4.69, 9.17) is 4.74 Å². The van der Waals surface area contributed by atoms with Crippen molar-refractivity contribution in [3.05, 3.63) is 29.8 Å². The van der Waals surface area contributed by atoms with Crippen LogP contribution < -0.4 is 4.74 Å². The van der Waals surface area contributed by atoms with Gasteiger partial charge in [-0.25, -0.2) is 0 Å². The summed E-state index contributed by atoms with van der Waals surface area (Å²) >= 11 is 0. The Hall–Kier alpha value is -1.31. The smallest absolute Gasteiger partial charge is 0.174 e. The van der Waals surface area contributed by atoms with Crippen molar-refractivity contribution >= 4 is 5.78 Å². The number of ketones is 1. The second kappa shape index (κ2) is 2.38. The first-order valence-electron chi connectivity index (χ1n) is 3.58. The molecule has 0 radical (unpaired) electrons. The molecule has 0 saturated carbocycles. The van der Waals surface area contributed by atoms with Crippen LogP contribution in [-0.2, 0) is 11.2 Å². The number of para-hydroxylation sites is 1. The average molecular weight is 148 g/mol. The minimum Gasteiger partial charge on any atom is -0.486 e. The fourth-order valence-corrected chi connectivity index (χ4v) is 1.21. The van der Waals surface area contributed by atoms with Gasteiger partial charge < -0.3 is 4.74 Å². The number of carbonyl (C=O) groups excluding carboxylic acids is 1. The summed E-state index contributed by atoms with van der Waals surface area (Å²) in [5.41, 5.74) is 1.00. The second-order valence-electron chi connectivity index (χ2n) is 2.61. The Labute approximate surface area is 64.8 Å². The number of ether oxygens (including phenoxy) is 1. The van der Waals surface area contributed by atoms with E-state index in [1.807, 2.05) is 24.3 Å². The zero-order valence-corrected chi connectivity index (χ0v) is 6.04. The van der Waals surface area contributed by atoms with E-state index >= 15 is 0 Å². The van der Waals surface area contributed by atoms with Crippen LogP contribution in [0.3, 0.4) is 0 Å². The van der Waals surface area contributed by atoms with Gasteiger partial charge >= 0.3 is 0 Å². The number of fused-ring (bicyclic) bond motifs is 1. The third kappa shape index (κ3) is 1.11. The summed E-state index contributed by atoms with van der Waals surface area (Å²) in [5.74, 6) is 1.01. The topological polar surface area (TPSA) is 26.3 Å². The lowest BCUT2D eigenvalue weighted by molar-refractivity contribution is -0.121. The normalized spacial score (nSPS) is 15.5. The van der Waals surface area contributed by atoms with E-state index in [1.54, 1.807) is 0 Å². The maximum atomic E-state index is 10.9. The highest BCUT2D eigenvalue weighted by molar-refractivity contribution is 5.84. The quantitative estimate of drug-likeness (QED) is 0.552. The fraction of sp³-hybridized carbons (Fsp3) is 0.222. The lowest BCUT2D eigenvalue weighted by atomic mass is 10.1. The molecular weight excluding hydrogens is 140 g/mol. The third-order valence-corrected chi connectivity index (χ3v) is 1.75. The maximum Gasteiger partial charge on any atom is 0.174 e. The molecule has 1 aromatic carbocycles. The zero-order chi connectivity index (χ0) is 7.68. The van der Waals surface area contributed by atoms with Crippen LogP contribution in [0.1, 0.15) is 5.56 Å². The standard InChI is InChI=1S/C9H8O2/c10-8-5-7-3-1-2-4-9(7)11-6-8/h1-4H,5-6H2. The van der Waals surface area contributed by atoms with Crippen molar-refractivity contribution < 1.29 is 9.53 Å². The Bertz CT molecular complexity index is 291. The molecule has 0 N–H and O–H groups in total. The predicted octanol–water partition coefficient (Wildman–Crippen LogP) is 1.19. The van der Waals surface area contributed by atoms with Crippen LogP contribution in [0, 0.1) is 0 Å². The van der Waals surface area contributed by atoms with Gasteiger partial charge in [0.2, 0.25) is 0 Å². The van der Waals surface area contributed by atoms with Crippen LogP contribution in [0.15, 0.2) is 24.3 Å². The van der Waals surface area contributed by atoms with E-state index < -0.39 is 0 Å². The highest BCUT2D eigenvalue weighted by Gasteiger charge is 2.14. The number of carbonyl (C=O) groups is 1. The van der Waals surface area contributed by atoms with Gasteiger partial charge in [0.1, 0.15) is 12.4 Å². The van der Waals surface area contributed by atoms with Gasteiger partial charge in [-0.05, 0) is 6.07 Å². The number of rotatable bonds is 0. The zero-order valence-electron chi connectivity index (χ0n) is 6.04. The van der Waals surface area contributed by atoms with E-state index in [0.29, 0.717) is 6.42 Å². The van der Waals surface area contributed by atoms with Gasteiger partial charge in [0, 0.05) is 12.0 Å². The SMILES string of the molecule is O=C1COc2ccccc2C1. The largest absolute Gasteiger partial charge is 0.486 e. The van der Waals surface area contributed by atoms with Crippen LogP contribution in [-0.4, -0.2) is 12.4 Å². The van der Waals surface area contributed by atoms with Crippen molar-refractivity contribution in [2.24, 2.45) is 0 Å². The summed E-state index contributed by atoms with van der Waals surface area (Å²) in [6.45, 7) is 0.233. The maximum absolute atomic E-state index is 10.9. The Balaban J connectivity index is 2.41. The van der Waals surface area contributed by atoms with Gasteiger partial charge in [0.15, 0.2) is 5.78 Å². The first-order valence-corrected chi connectivity index (χ1v) is 3.58. The molecule has 2 nitrogen and oxygen atoms in total. The summed E-state index contributed by atoms with van der Waals surface area (Å²) in [7, 11) is 0. The van der Waals surface area contributed by atoms with Crippen LogP contribution in [0.4, 0.5) is 0 Å². The molecule has 1 aliphatic heterocycles. The average Bonchev–Trinajstić information content (AvgIpc) is 2.04. The lowest BCUT2D eigenvalue weighted by Gasteiger charge is -2.14. The highest BCUT2D eigenvalue weighted by atomic mass is 16.5. The molecule has 0 aliphatic carbocycles. The molecule has 1 heterocycles. The highest BCUT2D eigenvalue weighted by Crippen LogP contribution is 2.21. The van der Waals surface area contributed by atoms with Gasteiger partial charge in [-0.3, -0.25) is 4.79 Å². The molecule has 0 atom stereocenters. The van der Waals surface area contributed by atoms with Crippen molar-refractivity contribution in [2.75, 3.05) is 6.61 Å². The summed E-state index contributed by atoms with van der Waals surface area (Å²) in [5, 5.41) is 0. The van der Waals surface area contributed by atoms with Crippen molar-refractivity contribution in [2.45, 2.75) is 6.42 Å². The third-order valence-electron chi connectivity index (χ3n) is 1.75. The number of hydrogen-bond acceptors (Lipinski definition) is 2. The van der Waals surface area contributed by atoms with Gasteiger partial charge in [-0.1, -0.05) is 18.2 Å². The Morgan fingerprint density at radius 1 is 1.27 bits per heavy atom. The van der Waals surface area contributed by atoms with E-state index in [9.17, 15) is 4.79 Å². The molecule has 0 fully saturated rings. The Morgan fingerprint density at radius 2 is 2.09 bits per heavy atom. The molecule has 2 rings (SSSR count). The van der Waals surface area contributed by atoms with Gasteiger partial charge in [-0.15, -0.1) is 0 Å². The molecule has 0 amide bonds. The summed E-state index contributed by atoms with van der Waals surface area (Å²) < 4.78 is 5.19. The van der Waals surface area contributed by atoms with Gasteiger partial charge in [0.05, 0.1) is 0 Å².